The van der Waals surface area contributed by atoms with Crippen LogP contribution in [0.2, 0.25) is 0 Å². The fourth-order valence-electron chi connectivity index (χ4n) is 10.7. The highest BCUT2D eigenvalue weighted by Gasteiger charge is 2.51. The number of hydrogen-bond acceptors (Lipinski definition) is 2. The number of hydrogen-bond donors (Lipinski definition) is 0. The molecule has 0 saturated heterocycles. The highest BCUT2D eigenvalue weighted by molar-refractivity contribution is 6.21. The summed E-state index contributed by atoms with van der Waals surface area (Å²) in [5.41, 5.74) is 17.4. The van der Waals surface area contributed by atoms with Crippen LogP contribution in [0.25, 0.3) is 76.9 Å². The van der Waals surface area contributed by atoms with E-state index in [1.54, 1.807) is 0 Å². The van der Waals surface area contributed by atoms with Gasteiger partial charge in [0.1, 0.15) is 5.58 Å². The molecule has 59 heavy (non-hydrogen) atoms. The summed E-state index contributed by atoms with van der Waals surface area (Å²) in [4.78, 5) is 2.39. The van der Waals surface area contributed by atoms with E-state index in [1.165, 1.54) is 77.2 Å². The van der Waals surface area contributed by atoms with E-state index in [0.29, 0.717) is 0 Å². The molecule has 0 saturated carbocycles. The molecule has 0 N–H and O–H groups in total. The van der Waals surface area contributed by atoms with E-state index in [4.69, 9.17) is 4.42 Å². The summed E-state index contributed by atoms with van der Waals surface area (Å²) in [7, 11) is 0. The number of rotatable bonds is 4. The summed E-state index contributed by atoms with van der Waals surface area (Å²) >= 11 is 0. The van der Waals surface area contributed by atoms with Gasteiger partial charge in [-0.15, -0.1) is 0 Å². The van der Waals surface area contributed by atoms with Crippen LogP contribution in [0.1, 0.15) is 22.3 Å². The lowest BCUT2D eigenvalue weighted by Crippen LogP contribution is -2.25. The van der Waals surface area contributed by atoms with E-state index in [1.807, 2.05) is 0 Å². The van der Waals surface area contributed by atoms with E-state index < -0.39 is 5.41 Å². The van der Waals surface area contributed by atoms with Crippen LogP contribution in [0.3, 0.4) is 0 Å². The van der Waals surface area contributed by atoms with Crippen LogP contribution >= 0.6 is 0 Å². The van der Waals surface area contributed by atoms with Crippen LogP contribution in [-0.2, 0) is 5.41 Å². The van der Waals surface area contributed by atoms with Crippen molar-refractivity contribution < 1.29 is 4.42 Å². The van der Waals surface area contributed by atoms with Crippen molar-refractivity contribution in [1.29, 1.82) is 0 Å². The molecule has 0 fully saturated rings. The van der Waals surface area contributed by atoms with Crippen molar-refractivity contribution in [3.05, 3.63) is 235 Å². The number of nitrogens with zero attached hydrogens (tertiary/aromatic N) is 1. The van der Waals surface area contributed by atoms with Crippen molar-refractivity contribution >= 4 is 60.5 Å². The summed E-state index contributed by atoms with van der Waals surface area (Å²) < 4.78 is 6.92. The first-order valence-electron chi connectivity index (χ1n) is 20.4. The highest BCUT2D eigenvalue weighted by atomic mass is 16.3. The van der Waals surface area contributed by atoms with Gasteiger partial charge in [0.25, 0.3) is 0 Å². The third kappa shape index (κ3) is 4.40. The highest BCUT2D eigenvalue weighted by Crippen LogP contribution is 2.63. The lowest BCUT2D eigenvalue weighted by Gasteiger charge is -2.31. The van der Waals surface area contributed by atoms with Crippen molar-refractivity contribution in [2.24, 2.45) is 0 Å². The molecule has 1 spiro atoms. The predicted molar refractivity (Wildman–Crippen MR) is 245 cm³/mol. The Balaban J connectivity index is 1.06. The van der Waals surface area contributed by atoms with Crippen LogP contribution in [0.5, 0.6) is 0 Å². The van der Waals surface area contributed by atoms with E-state index in [9.17, 15) is 0 Å². The molecule has 274 valence electrons. The fourth-order valence-corrected chi connectivity index (χ4v) is 10.7. The molecule has 0 radical (unpaired) electrons. The van der Waals surface area contributed by atoms with Gasteiger partial charge in [0.2, 0.25) is 0 Å². The smallest absolute Gasteiger partial charge is 0.159 e. The second-order valence-electron chi connectivity index (χ2n) is 15.9. The fraction of sp³-hybridized carbons (Fsp3) is 0.0175. The SMILES string of the molecule is c1ccc2c(c1)-c1ccccc1C21c2ccccc2-c2cc(N(c3ccc(-c4cccc5ccccc45)cc3)c3cccc4c3oc3ccc5ccccc5c34)ccc21. The van der Waals surface area contributed by atoms with Gasteiger partial charge in [-0.3, -0.25) is 0 Å². The first-order chi connectivity index (χ1) is 29.3. The molecule has 1 heterocycles. The van der Waals surface area contributed by atoms with Crippen molar-refractivity contribution in [1.82, 2.24) is 0 Å². The lowest BCUT2D eigenvalue weighted by molar-refractivity contribution is 0.669. The van der Waals surface area contributed by atoms with Crippen molar-refractivity contribution in [2.75, 3.05) is 4.90 Å². The largest absolute Gasteiger partial charge is 0.454 e. The molecule has 0 amide bonds. The lowest BCUT2D eigenvalue weighted by atomic mass is 9.70. The zero-order valence-electron chi connectivity index (χ0n) is 32.1. The maximum atomic E-state index is 6.92. The van der Waals surface area contributed by atoms with Crippen LogP contribution < -0.4 is 4.90 Å². The standard InChI is InChI=1S/C57H35NO/c1-3-16-41-36(13-1)15-11-21-42(41)38-27-30-39(31-28-38)58(53-26-12-22-47-55-43-17-4-2-14-37(43)29-34-54(55)59-56(47)53)40-32-33-52-48(35-40)46-20-7-10-25-51(46)57(52)49-23-8-5-18-44(49)45-19-6-9-24-50(45)57/h1-35H. The molecule has 11 aromatic rings. The first kappa shape index (κ1) is 32.4. The minimum atomic E-state index is -0.400. The Hall–Kier alpha value is -7.68. The molecule has 1 aromatic heterocycles. The average Bonchev–Trinajstić information content (AvgIpc) is 3.94. The molecule has 2 aliphatic carbocycles. The number of furan rings is 1. The normalized spacial score (nSPS) is 13.2. The number of anilines is 3. The molecule has 13 rings (SSSR count). The second-order valence-corrected chi connectivity index (χ2v) is 15.9. The molecule has 0 aliphatic heterocycles. The summed E-state index contributed by atoms with van der Waals surface area (Å²) in [6.45, 7) is 0. The third-order valence-electron chi connectivity index (χ3n) is 13.1. The Labute approximate surface area is 341 Å². The summed E-state index contributed by atoms with van der Waals surface area (Å²) in [5.74, 6) is 0. The van der Waals surface area contributed by atoms with E-state index in [-0.39, 0.29) is 0 Å². The quantitative estimate of drug-likeness (QED) is 0.178. The van der Waals surface area contributed by atoms with Crippen LogP contribution in [0, 0.1) is 0 Å². The van der Waals surface area contributed by atoms with E-state index >= 15 is 0 Å². The Morgan fingerprint density at radius 1 is 0.356 bits per heavy atom. The van der Waals surface area contributed by atoms with Crippen LogP contribution in [-0.4, -0.2) is 0 Å². The zero-order valence-corrected chi connectivity index (χ0v) is 32.1. The number of benzene rings is 10. The molecular formula is C57H35NO. The molecule has 0 unspecified atom stereocenters. The minimum absolute atomic E-state index is 0.400. The Morgan fingerprint density at radius 2 is 0.881 bits per heavy atom. The van der Waals surface area contributed by atoms with Gasteiger partial charge in [-0.05, 0) is 114 Å². The maximum absolute atomic E-state index is 6.92. The molecule has 10 aromatic carbocycles. The van der Waals surface area contributed by atoms with Crippen LogP contribution in [0.4, 0.5) is 17.1 Å². The van der Waals surface area contributed by atoms with Crippen molar-refractivity contribution in [2.45, 2.75) is 5.41 Å². The van der Waals surface area contributed by atoms with Crippen LogP contribution in [0.15, 0.2) is 217 Å². The second kappa shape index (κ2) is 12.2. The average molecular weight is 750 g/mol. The van der Waals surface area contributed by atoms with Gasteiger partial charge in [-0.1, -0.05) is 176 Å². The number of fused-ring (bicyclic) bond motifs is 16. The molecule has 2 nitrogen and oxygen atoms in total. The molecule has 2 aliphatic rings. The Morgan fingerprint density at radius 3 is 1.61 bits per heavy atom. The molecule has 0 bridgehead atoms. The van der Waals surface area contributed by atoms with Gasteiger partial charge in [0.05, 0.1) is 11.1 Å². The minimum Gasteiger partial charge on any atom is -0.454 e. The van der Waals surface area contributed by atoms with Crippen molar-refractivity contribution in [3.8, 4) is 33.4 Å². The first-order valence-corrected chi connectivity index (χ1v) is 20.4. The Kier molecular flexibility index (Phi) is 6.68. The van der Waals surface area contributed by atoms with Gasteiger partial charge in [-0.25, -0.2) is 0 Å². The van der Waals surface area contributed by atoms with Gasteiger partial charge in [0, 0.05) is 22.1 Å². The predicted octanol–water partition coefficient (Wildman–Crippen LogP) is 15.4. The van der Waals surface area contributed by atoms with Gasteiger partial charge in [-0.2, -0.15) is 0 Å². The van der Waals surface area contributed by atoms with E-state index in [0.717, 1.165) is 39.0 Å². The molecule has 2 heteroatoms. The monoisotopic (exact) mass is 749 g/mol. The van der Waals surface area contributed by atoms with Gasteiger partial charge in [0.15, 0.2) is 5.58 Å². The number of para-hydroxylation sites is 1. The summed E-state index contributed by atoms with van der Waals surface area (Å²) in [6.07, 6.45) is 0. The summed E-state index contributed by atoms with van der Waals surface area (Å²) in [6, 6.07) is 77.9. The van der Waals surface area contributed by atoms with Gasteiger partial charge >= 0.3 is 0 Å². The van der Waals surface area contributed by atoms with Crippen molar-refractivity contribution in [3.63, 3.8) is 0 Å². The zero-order chi connectivity index (χ0) is 38.7. The molecular weight excluding hydrogens is 715 g/mol. The summed E-state index contributed by atoms with van der Waals surface area (Å²) in [5, 5.41) is 7.15. The molecule has 0 atom stereocenters. The van der Waals surface area contributed by atoms with E-state index in [2.05, 4.69) is 217 Å². The Bertz CT molecular complexity index is 3470. The topological polar surface area (TPSA) is 16.4 Å². The third-order valence-corrected chi connectivity index (χ3v) is 13.1. The maximum Gasteiger partial charge on any atom is 0.159 e. The van der Waals surface area contributed by atoms with Gasteiger partial charge < -0.3 is 9.32 Å².